The number of amides is 2. The Kier molecular flexibility index (Phi) is 8.86. The molecular weight excluding hydrogens is 615 g/mol. The number of nitrogens with one attached hydrogen (secondary N) is 2. The average Bonchev–Trinajstić information content (AvgIpc) is 3.48. The fourth-order valence-corrected chi connectivity index (χ4v) is 5.03. The van der Waals surface area contributed by atoms with E-state index in [1.165, 1.54) is 43.5 Å². The predicted molar refractivity (Wildman–Crippen MR) is 164 cm³/mol. The van der Waals surface area contributed by atoms with Crippen LogP contribution in [0.1, 0.15) is 31.1 Å². The number of methoxy groups -OCH3 is 1. The SMILES string of the molecule is COC(=O)c1ccc(Oc2ccc(NC(=O)c3ccc(C(=O)Nc4nnc(-c5cc(Cl)cc(Cl)c5O)s4)cc3)cc2)cc1. The van der Waals surface area contributed by atoms with Crippen molar-refractivity contribution >= 4 is 63.1 Å². The van der Waals surface area contributed by atoms with E-state index in [2.05, 4.69) is 25.6 Å². The molecule has 0 saturated heterocycles. The molecule has 5 rings (SSSR count). The Morgan fingerprint density at radius 1 is 0.767 bits per heavy atom. The Balaban J connectivity index is 1.17. The Hall–Kier alpha value is -4.97. The summed E-state index contributed by atoms with van der Waals surface area (Å²) in [6, 6.07) is 22.2. The van der Waals surface area contributed by atoms with Gasteiger partial charge in [-0.15, -0.1) is 10.2 Å². The molecule has 43 heavy (non-hydrogen) atoms. The van der Waals surface area contributed by atoms with Crippen molar-refractivity contribution in [3.05, 3.63) is 112 Å². The smallest absolute Gasteiger partial charge is 0.337 e. The molecule has 4 aromatic carbocycles. The van der Waals surface area contributed by atoms with Crippen LogP contribution in [0.4, 0.5) is 10.8 Å². The van der Waals surface area contributed by atoms with E-state index in [-0.39, 0.29) is 21.8 Å². The first-order valence-corrected chi connectivity index (χ1v) is 14.0. The molecule has 0 aliphatic carbocycles. The van der Waals surface area contributed by atoms with Crippen LogP contribution in [-0.4, -0.2) is 40.2 Å². The summed E-state index contributed by atoms with van der Waals surface area (Å²) in [6.45, 7) is 0. The largest absolute Gasteiger partial charge is 0.506 e. The first-order chi connectivity index (χ1) is 20.7. The van der Waals surface area contributed by atoms with Gasteiger partial charge >= 0.3 is 5.97 Å². The van der Waals surface area contributed by atoms with Gasteiger partial charge in [-0.05, 0) is 84.9 Å². The number of benzene rings is 4. The second-order valence-corrected chi connectivity index (χ2v) is 10.6. The number of phenols is 1. The number of ether oxygens (including phenoxy) is 2. The predicted octanol–water partition coefficient (Wildman–Crippen LogP) is 7.30. The number of aromatic nitrogens is 2. The third kappa shape index (κ3) is 7.09. The Labute approximate surface area is 258 Å². The molecule has 5 aromatic rings. The first-order valence-electron chi connectivity index (χ1n) is 12.4. The lowest BCUT2D eigenvalue weighted by Crippen LogP contribution is -2.14. The quantitative estimate of drug-likeness (QED) is 0.151. The van der Waals surface area contributed by atoms with Crippen molar-refractivity contribution in [2.45, 2.75) is 0 Å². The highest BCUT2D eigenvalue weighted by Gasteiger charge is 2.17. The topological polar surface area (TPSA) is 140 Å². The van der Waals surface area contributed by atoms with Crippen LogP contribution in [0.15, 0.2) is 84.9 Å². The van der Waals surface area contributed by atoms with E-state index in [1.54, 1.807) is 48.5 Å². The van der Waals surface area contributed by atoms with Gasteiger partial charge in [-0.3, -0.25) is 14.9 Å². The molecule has 10 nitrogen and oxygen atoms in total. The Bertz CT molecular complexity index is 1810. The van der Waals surface area contributed by atoms with E-state index in [4.69, 9.17) is 27.9 Å². The molecule has 0 aliphatic heterocycles. The maximum absolute atomic E-state index is 12.8. The molecular formula is C30H20Cl2N4O6S. The maximum atomic E-state index is 12.8. The van der Waals surface area contributed by atoms with Crippen molar-refractivity contribution in [2.24, 2.45) is 0 Å². The summed E-state index contributed by atoms with van der Waals surface area (Å²) in [7, 11) is 1.31. The minimum absolute atomic E-state index is 0.0688. The molecule has 0 unspecified atom stereocenters. The molecule has 1 aromatic heterocycles. The van der Waals surface area contributed by atoms with Gasteiger partial charge in [-0.1, -0.05) is 34.5 Å². The standard InChI is InChI=1S/C30H20Cl2N4O6S/c1-41-29(40)18-6-10-21(11-7-18)42-22-12-8-20(9-13-22)33-26(38)16-2-4-17(5-3-16)27(39)34-30-36-35-28(43-30)23-14-19(31)15-24(32)25(23)37/h2-15,37H,1H3,(H,33,38)(H,34,36,39). The van der Waals surface area contributed by atoms with Gasteiger partial charge in [0.05, 0.1) is 23.3 Å². The normalized spacial score (nSPS) is 10.6. The number of hydrogen-bond acceptors (Lipinski definition) is 9. The molecule has 1 heterocycles. The zero-order valence-corrected chi connectivity index (χ0v) is 24.5. The van der Waals surface area contributed by atoms with Gasteiger partial charge in [0.25, 0.3) is 11.8 Å². The van der Waals surface area contributed by atoms with E-state index in [1.807, 2.05) is 0 Å². The lowest BCUT2D eigenvalue weighted by Gasteiger charge is -2.09. The van der Waals surface area contributed by atoms with Crippen LogP contribution >= 0.6 is 34.5 Å². The number of hydrogen-bond donors (Lipinski definition) is 3. The summed E-state index contributed by atoms with van der Waals surface area (Å²) < 4.78 is 10.5. The van der Waals surface area contributed by atoms with Crippen molar-refractivity contribution < 1.29 is 29.0 Å². The number of esters is 1. The van der Waals surface area contributed by atoms with Crippen LogP contribution in [0.3, 0.4) is 0 Å². The molecule has 0 fully saturated rings. The molecule has 0 bridgehead atoms. The van der Waals surface area contributed by atoms with E-state index in [0.29, 0.717) is 49.5 Å². The molecule has 0 atom stereocenters. The highest BCUT2D eigenvalue weighted by atomic mass is 35.5. The summed E-state index contributed by atoms with van der Waals surface area (Å²) >= 11 is 13.0. The van der Waals surface area contributed by atoms with Crippen molar-refractivity contribution in [3.8, 4) is 27.8 Å². The summed E-state index contributed by atoms with van der Waals surface area (Å²) in [5.41, 5.74) is 1.88. The molecule has 2 amide bonds. The first kappa shape index (κ1) is 29.5. The van der Waals surface area contributed by atoms with Crippen LogP contribution in [-0.2, 0) is 4.74 Å². The summed E-state index contributed by atoms with van der Waals surface area (Å²) in [5, 5.41) is 24.5. The monoisotopic (exact) mass is 634 g/mol. The van der Waals surface area contributed by atoms with Gasteiger partial charge in [0.2, 0.25) is 5.13 Å². The van der Waals surface area contributed by atoms with Crippen LogP contribution in [0, 0.1) is 0 Å². The van der Waals surface area contributed by atoms with Crippen molar-refractivity contribution in [1.29, 1.82) is 0 Å². The summed E-state index contributed by atoms with van der Waals surface area (Å²) in [6.07, 6.45) is 0. The number of halogens is 2. The maximum Gasteiger partial charge on any atom is 0.337 e. The number of phenolic OH excluding ortho intramolecular Hbond substituents is 1. The molecule has 216 valence electrons. The number of rotatable bonds is 8. The highest BCUT2D eigenvalue weighted by molar-refractivity contribution is 7.18. The van der Waals surface area contributed by atoms with E-state index < -0.39 is 11.9 Å². The Morgan fingerprint density at radius 3 is 1.93 bits per heavy atom. The van der Waals surface area contributed by atoms with Crippen molar-refractivity contribution in [1.82, 2.24) is 10.2 Å². The zero-order valence-electron chi connectivity index (χ0n) is 22.1. The van der Waals surface area contributed by atoms with E-state index in [0.717, 1.165) is 11.3 Å². The van der Waals surface area contributed by atoms with Crippen molar-refractivity contribution in [2.75, 3.05) is 17.7 Å². The van der Waals surface area contributed by atoms with Crippen LogP contribution < -0.4 is 15.4 Å². The van der Waals surface area contributed by atoms with E-state index in [9.17, 15) is 19.5 Å². The van der Waals surface area contributed by atoms with Crippen LogP contribution in [0.2, 0.25) is 10.0 Å². The van der Waals surface area contributed by atoms with Crippen LogP contribution in [0.5, 0.6) is 17.2 Å². The van der Waals surface area contributed by atoms with Gasteiger partial charge in [-0.2, -0.15) is 0 Å². The number of carbonyl (C=O) groups is 3. The minimum atomic E-state index is -0.460. The van der Waals surface area contributed by atoms with Gasteiger partial charge < -0.3 is 19.9 Å². The fourth-order valence-electron chi connectivity index (χ4n) is 3.78. The summed E-state index contributed by atoms with van der Waals surface area (Å²) in [5.74, 6) is -0.385. The lowest BCUT2D eigenvalue weighted by molar-refractivity contribution is 0.0600. The molecule has 0 aliphatic rings. The average molecular weight is 635 g/mol. The summed E-state index contributed by atoms with van der Waals surface area (Å²) in [4.78, 5) is 37.0. The Morgan fingerprint density at radius 2 is 1.33 bits per heavy atom. The number of nitrogens with zero attached hydrogens (tertiary/aromatic N) is 2. The van der Waals surface area contributed by atoms with Crippen LogP contribution in [0.25, 0.3) is 10.6 Å². The van der Waals surface area contributed by atoms with Gasteiger partial charge in [0.1, 0.15) is 17.2 Å². The number of anilines is 2. The fraction of sp³-hybridized carbons (Fsp3) is 0.0333. The molecule has 0 radical (unpaired) electrons. The second-order valence-electron chi connectivity index (χ2n) is 8.82. The zero-order chi connectivity index (χ0) is 30.5. The van der Waals surface area contributed by atoms with E-state index >= 15 is 0 Å². The minimum Gasteiger partial charge on any atom is -0.506 e. The molecule has 0 spiro atoms. The molecule has 0 saturated carbocycles. The van der Waals surface area contributed by atoms with Gasteiger partial charge in [0, 0.05) is 21.8 Å². The second kappa shape index (κ2) is 12.9. The molecule has 13 heteroatoms. The van der Waals surface area contributed by atoms with Gasteiger partial charge in [-0.25, -0.2) is 4.79 Å². The number of aromatic hydroxyl groups is 1. The highest BCUT2D eigenvalue weighted by Crippen LogP contribution is 2.39. The number of carbonyl (C=O) groups excluding carboxylic acids is 3. The lowest BCUT2D eigenvalue weighted by atomic mass is 10.1. The molecule has 3 N–H and O–H groups in total. The van der Waals surface area contributed by atoms with Crippen molar-refractivity contribution in [3.63, 3.8) is 0 Å². The third-order valence-electron chi connectivity index (χ3n) is 5.94. The third-order valence-corrected chi connectivity index (χ3v) is 7.31. The van der Waals surface area contributed by atoms with Gasteiger partial charge in [0.15, 0.2) is 5.01 Å².